The standard InChI is InChI=1S/C25H26N4O4/c1-25(2,3)17-7-4-15(5-8-17)23(30)26-22-18-13-29(11-10-19(18)27-28-22)24(31)16-6-9-20-21(12-16)33-14-32-20/h4-9,12H,10-11,13-14H2,1-3H3,(H2,26,27,28,30). The molecule has 0 fully saturated rings. The number of aromatic amines is 1. The molecular formula is C25H26N4O4. The highest BCUT2D eigenvalue weighted by Crippen LogP contribution is 2.33. The number of hydrogen-bond acceptors (Lipinski definition) is 5. The van der Waals surface area contributed by atoms with Gasteiger partial charge in [-0.3, -0.25) is 14.7 Å². The van der Waals surface area contributed by atoms with Gasteiger partial charge < -0.3 is 19.7 Å². The molecule has 3 aromatic rings. The van der Waals surface area contributed by atoms with Crippen molar-refractivity contribution in [2.45, 2.75) is 39.2 Å². The maximum absolute atomic E-state index is 13.1. The summed E-state index contributed by atoms with van der Waals surface area (Å²) in [6.07, 6.45) is 0.634. The topological polar surface area (TPSA) is 96.6 Å². The van der Waals surface area contributed by atoms with Gasteiger partial charge in [-0.1, -0.05) is 32.9 Å². The van der Waals surface area contributed by atoms with Crippen molar-refractivity contribution in [1.29, 1.82) is 0 Å². The minimum absolute atomic E-state index is 0.0181. The number of fused-ring (bicyclic) bond motifs is 2. The molecule has 0 radical (unpaired) electrons. The van der Waals surface area contributed by atoms with Crippen LogP contribution in [-0.2, 0) is 18.4 Å². The Bertz CT molecular complexity index is 1220. The van der Waals surface area contributed by atoms with Gasteiger partial charge in [-0.05, 0) is 41.3 Å². The quantitative estimate of drug-likeness (QED) is 0.636. The summed E-state index contributed by atoms with van der Waals surface area (Å²) in [7, 11) is 0. The van der Waals surface area contributed by atoms with Crippen molar-refractivity contribution in [3.63, 3.8) is 0 Å². The molecule has 0 saturated heterocycles. The first-order chi connectivity index (χ1) is 15.8. The molecule has 33 heavy (non-hydrogen) atoms. The summed E-state index contributed by atoms with van der Waals surface area (Å²) in [5.41, 5.74) is 4.04. The van der Waals surface area contributed by atoms with Crippen LogP contribution in [0, 0.1) is 0 Å². The highest BCUT2D eigenvalue weighted by molar-refractivity contribution is 6.04. The number of benzene rings is 2. The molecule has 8 nitrogen and oxygen atoms in total. The van der Waals surface area contributed by atoms with Crippen LogP contribution >= 0.6 is 0 Å². The molecule has 1 aromatic heterocycles. The Hall–Kier alpha value is -3.81. The number of rotatable bonds is 3. The van der Waals surface area contributed by atoms with Gasteiger partial charge in [0, 0.05) is 35.3 Å². The molecule has 2 N–H and O–H groups in total. The zero-order valence-corrected chi connectivity index (χ0v) is 18.9. The fraction of sp³-hybridized carbons (Fsp3) is 0.320. The Labute approximate surface area is 191 Å². The molecule has 5 rings (SSSR count). The average molecular weight is 447 g/mol. The number of nitrogens with one attached hydrogen (secondary N) is 2. The van der Waals surface area contributed by atoms with Crippen LogP contribution < -0.4 is 14.8 Å². The normalized spacial score (nSPS) is 14.7. The van der Waals surface area contributed by atoms with Gasteiger partial charge in [0.2, 0.25) is 6.79 Å². The van der Waals surface area contributed by atoms with E-state index in [2.05, 4.69) is 36.3 Å². The Morgan fingerprint density at radius 1 is 1.03 bits per heavy atom. The summed E-state index contributed by atoms with van der Waals surface area (Å²) < 4.78 is 10.7. The average Bonchev–Trinajstić information content (AvgIpc) is 3.44. The number of carbonyl (C=O) groups is 2. The van der Waals surface area contributed by atoms with Crippen LogP contribution in [0.15, 0.2) is 42.5 Å². The van der Waals surface area contributed by atoms with E-state index < -0.39 is 0 Å². The van der Waals surface area contributed by atoms with Crippen LogP contribution in [0.2, 0.25) is 0 Å². The van der Waals surface area contributed by atoms with E-state index in [-0.39, 0.29) is 24.0 Å². The van der Waals surface area contributed by atoms with Crippen LogP contribution in [0.3, 0.4) is 0 Å². The van der Waals surface area contributed by atoms with Crippen LogP contribution in [0.1, 0.15) is 58.3 Å². The van der Waals surface area contributed by atoms with Crippen LogP contribution in [-0.4, -0.2) is 40.2 Å². The molecule has 170 valence electrons. The molecule has 0 saturated carbocycles. The third-order valence-corrected chi connectivity index (χ3v) is 6.09. The predicted octanol–water partition coefficient (Wildman–Crippen LogP) is 3.89. The first-order valence-corrected chi connectivity index (χ1v) is 11.0. The van der Waals surface area contributed by atoms with E-state index in [1.54, 1.807) is 23.1 Å². The van der Waals surface area contributed by atoms with Crippen molar-refractivity contribution >= 4 is 17.6 Å². The van der Waals surface area contributed by atoms with Gasteiger partial charge in [-0.2, -0.15) is 5.10 Å². The second-order valence-electron chi connectivity index (χ2n) is 9.36. The largest absolute Gasteiger partial charge is 0.454 e. The smallest absolute Gasteiger partial charge is 0.256 e. The maximum atomic E-state index is 13.1. The second-order valence-corrected chi connectivity index (χ2v) is 9.36. The van der Waals surface area contributed by atoms with Crippen LogP contribution in [0.5, 0.6) is 11.5 Å². The molecule has 0 unspecified atom stereocenters. The number of H-pyrrole nitrogens is 1. The lowest BCUT2D eigenvalue weighted by Gasteiger charge is -2.27. The molecular weight excluding hydrogens is 420 g/mol. The molecule has 3 heterocycles. The summed E-state index contributed by atoms with van der Waals surface area (Å²) >= 11 is 0. The molecule has 0 spiro atoms. The highest BCUT2D eigenvalue weighted by Gasteiger charge is 2.28. The van der Waals surface area contributed by atoms with Crippen LogP contribution in [0.4, 0.5) is 5.82 Å². The highest BCUT2D eigenvalue weighted by atomic mass is 16.7. The van der Waals surface area contributed by atoms with Gasteiger partial charge in [0.05, 0.1) is 6.54 Å². The van der Waals surface area contributed by atoms with E-state index in [9.17, 15) is 9.59 Å². The first-order valence-electron chi connectivity index (χ1n) is 11.0. The van der Waals surface area contributed by atoms with Crippen molar-refractivity contribution in [1.82, 2.24) is 15.1 Å². The number of ether oxygens (including phenoxy) is 2. The number of hydrogen-bond donors (Lipinski definition) is 2. The van der Waals surface area contributed by atoms with Gasteiger partial charge in [-0.25, -0.2) is 0 Å². The minimum atomic E-state index is -0.232. The van der Waals surface area contributed by atoms with E-state index in [1.807, 2.05) is 24.3 Å². The zero-order chi connectivity index (χ0) is 23.2. The lowest BCUT2D eigenvalue weighted by atomic mass is 9.87. The lowest BCUT2D eigenvalue weighted by Crippen LogP contribution is -2.36. The monoisotopic (exact) mass is 446 g/mol. The molecule has 2 aromatic carbocycles. The van der Waals surface area contributed by atoms with E-state index in [0.29, 0.717) is 48.0 Å². The fourth-order valence-corrected chi connectivity index (χ4v) is 4.09. The number of carbonyl (C=O) groups excluding carboxylic acids is 2. The molecule has 2 aliphatic rings. The molecule has 0 aliphatic carbocycles. The third-order valence-electron chi connectivity index (χ3n) is 6.09. The number of nitrogens with zero attached hydrogens (tertiary/aromatic N) is 2. The summed E-state index contributed by atoms with van der Waals surface area (Å²) in [6, 6.07) is 12.8. The Kier molecular flexibility index (Phi) is 5.08. The van der Waals surface area contributed by atoms with E-state index >= 15 is 0 Å². The third kappa shape index (κ3) is 4.04. The Morgan fingerprint density at radius 3 is 2.52 bits per heavy atom. The van der Waals surface area contributed by atoms with Crippen molar-refractivity contribution in [2.75, 3.05) is 18.7 Å². The van der Waals surface area contributed by atoms with Crippen molar-refractivity contribution < 1.29 is 19.1 Å². The van der Waals surface area contributed by atoms with Crippen molar-refractivity contribution in [3.05, 3.63) is 70.4 Å². The fourth-order valence-electron chi connectivity index (χ4n) is 4.09. The van der Waals surface area contributed by atoms with Crippen LogP contribution in [0.25, 0.3) is 0 Å². The van der Waals surface area contributed by atoms with Gasteiger partial charge in [0.1, 0.15) is 0 Å². The molecule has 8 heteroatoms. The summed E-state index contributed by atoms with van der Waals surface area (Å²) in [6.45, 7) is 7.48. The number of aromatic nitrogens is 2. The molecule has 0 bridgehead atoms. The summed E-state index contributed by atoms with van der Waals surface area (Å²) in [4.78, 5) is 27.7. The number of anilines is 1. The van der Waals surface area contributed by atoms with Gasteiger partial charge >= 0.3 is 0 Å². The zero-order valence-electron chi connectivity index (χ0n) is 18.9. The first kappa shape index (κ1) is 21.1. The number of amides is 2. The second kappa shape index (κ2) is 7.95. The van der Waals surface area contributed by atoms with Gasteiger partial charge in [-0.15, -0.1) is 0 Å². The van der Waals surface area contributed by atoms with Gasteiger partial charge in [0.25, 0.3) is 11.8 Å². The van der Waals surface area contributed by atoms with E-state index in [4.69, 9.17) is 9.47 Å². The lowest BCUT2D eigenvalue weighted by molar-refractivity contribution is 0.0734. The van der Waals surface area contributed by atoms with E-state index in [1.165, 1.54) is 0 Å². The summed E-state index contributed by atoms with van der Waals surface area (Å²) in [5, 5.41) is 10.2. The van der Waals surface area contributed by atoms with Crippen molar-refractivity contribution in [2.24, 2.45) is 0 Å². The van der Waals surface area contributed by atoms with E-state index in [0.717, 1.165) is 16.8 Å². The predicted molar refractivity (Wildman–Crippen MR) is 123 cm³/mol. The molecule has 0 atom stereocenters. The minimum Gasteiger partial charge on any atom is -0.454 e. The Balaban J connectivity index is 1.31. The maximum Gasteiger partial charge on any atom is 0.256 e. The molecule has 2 amide bonds. The molecule has 2 aliphatic heterocycles. The Morgan fingerprint density at radius 2 is 1.76 bits per heavy atom. The van der Waals surface area contributed by atoms with Gasteiger partial charge in [0.15, 0.2) is 17.3 Å². The van der Waals surface area contributed by atoms with Crippen molar-refractivity contribution in [3.8, 4) is 11.5 Å². The summed E-state index contributed by atoms with van der Waals surface area (Å²) in [5.74, 6) is 1.34. The SMILES string of the molecule is CC(C)(C)c1ccc(C(=O)Nc2n[nH]c3c2CN(C(=O)c2ccc4c(c2)OCO4)CC3)cc1.